The minimum Gasteiger partial charge on any atom is -0.380 e. The van der Waals surface area contributed by atoms with Gasteiger partial charge >= 0.3 is 6.18 Å². The summed E-state index contributed by atoms with van der Waals surface area (Å²) in [5.74, 6) is -2.98. The molecule has 25 heavy (non-hydrogen) atoms. The summed E-state index contributed by atoms with van der Waals surface area (Å²) in [7, 11) is 0. The number of ether oxygens (including phenoxy) is 1. The van der Waals surface area contributed by atoms with Gasteiger partial charge in [0.2, 0.25) is 0 Å². The molecule has 0 radical (unpaired) electrons. The Balaban J connectivity index is 3.14. The number of rotatable bonds is 8. The van der Waals surface area contributed by atoms with Crippen molar-refractivity contribution >= 4 is 17.9 Å². The van der Waals surface area contributed by atoms with Crippen LogP contribution in [0.4, 0.5) is 17.6 Å². The number of halogens is 4. The first-order valence-electron chi connectivity index (χ1n) is 8.00. The van der Waals surface area contributed by atoms with E-state index in [2.05, 4.69) is 0 Å². The van der Waals surface area contributed by atoms with Crippen LogP contribution in [0.1, 0.15) is 48.7 Å². The molecule has 0 unspecified atom stereocenters. The molecule has 0 aliphatic carbocycles. The van der Waals surface area contributed by atoms with Gasteiger partial charge in [-0.15, -0.1) is 0 Å². The summed E-state index contributed by atoms with van der Waals surface area (Å²) in [5, 5.41) is 0. The van der Waals surface area contributed by atoms with E-state index < -0.39 is 30.3 Å². The van der Waals surface area contributed by atoms with Gasteiger partial charge in [0, 0.05) is 6.61 Å². The third-order valence-corrected chi connectivity index (χ3v) is 3.43. The van der Waals surface area contributed by atoms with Gasteiger partial charge in [0.15, 0.2) is 5.78 Å². The second kappa shape index (κ2) is 9.51. The Bertz CT molecular complexity index is 646. The van der Waals surface area contributed by atoms with E-state index >= 15 is 0 Å². The number of benzene rings is 1. The van der Waals surface area contributed by atoms with Crippen molar-refractivity contribution in [3.05, 3.63) is 46.8 Å². The molecule has 0 amide bonds. The molecule has 1 rings (SSSR count). The molecule has 1 aromatic carbocycles. The van der Waals surface area contributed by atoms with Crippen molar-refractivity contribution in [3.8, 4) is 0 Å². The fourth-order valence-electron chi connectivity index (χ4n) is 2.27. The predicted octanol–water partition coefficient (Wildman–Crippen LogP) is 5.68. The second-order valence-electron chi connectivity index (χ2n) is 5.61. The highest BCUT2D eigenvalue weighted by Gasteiger charge is 2.37. The van der Waals surface area contributed by atoms with Crippen molar-refractivity contribution in [1.29, 1.82) is 0 Å². The summed E-state index contributed by atoms with van der Waals surface area (Å²) in [6, 6.07) is 2.54. The van der Waals surface area contributed by atoms with E-state index in [1.807, 2.05) is 0 Å². The van der Waals surface area contributed by atoms with Gasteiger partial charge in [0.05, 0.1) is 18.1 Å². The molecule has 6 heteroatoms. The van der Waals surface area contributed by atoms with E-state index in [1.54, 1.807) is 26.0 Å². The zero-order valence-corrected chi connectivity index (χ0v) is 14.5. The van der Waals surface area contributed by atoms with Crippen LogP contribution in [0.5, 0.6) is 0 Å². The molecule has 0 fully saturated rings. The van der Waals surface area contributed by atoms with E-state index in [1.165, 1.54) is 19.1 Å². The Kier molecular flexibility index (Phi) is 8.03. The first-order chi connectivity index (χ1) is 11.7. The molecule has 1 aromatic rings. The largest absolute Gasteiger partial charge is 0.397 e. The average Bonchev–Trinajstić information content (AvgIpc) is 2.49. The van der Waals surface area contributed by atoms with Gasteiger partial charge in [-0.3, -0.25) is 4.79 Å². The average molecular weight is 358 g/mol. The van der Waals surface area contributed by atoms with Crippen molar-refractivity contribution < 1.29 is 27.1 Å². The minimum absolute atomic E-state index is 0.0751. The molecule has 138 valence electrons. The van der Waals surface area contributed by atoms with Crippen LogP contribution in [0.25, 0.3) is 12.2 Å². The quantitative estimate of drug-likeness (QED) is 0.339. The molecular formula is C19H22F4O2. The van der Waals surface area contributed by atoms with E-state index in [9.17, 15) is 22.4 Å². The third-order valence-electron chi connectivity index (χ3n) is 3.43. The molecule has 0 spiro atoms. The molecule has 0 aliphatic heterocycles. The second-order valence-corrected chi connectivity index (χ2v) is 5.61. The molecule has 0 bridgehead atoms. The van der Waals surface area contributed by atoms with Crippen LogP contribution >= 0.6 is 0 Å². The number of ketones is 1. The van der Waals surface area contributed by atoms with Gasteiger partial charge in [0.1, 0.15) is 5.82 Å². The molecular weight excluding hydrogens is 336 g/mol. The van der Waals surface area contributed by atoms with Gasteiger partial charge < -0.3 is 4.74 Å². The number of carbonyl (C=O) groups excluding carboxylic acids is 1. The van der Waals surface area contributed by atoms with Gasteiger partial charge in [-0.05, 0) is 43.5 Å². The molecule has 0 aromatic heterocycles. The van der Waals surface area contributed by atoms with Crippen LogP contribution < -0.4 is 0 Å². The molecule has 1 atom stereocenters. The summed E-state index contributed by atoms with van der Waals surface area (Å²) in [5.41, 5.74) is 0.509. The molecule has 0 saturated heterocycles. The number of hydrogen-bond acceptors (Lipinski definition) is 2. The lowest BCUT2D eigenvalue weighted by Gasteiger charge is -2.17. The molecule has 2 nitrogen and oxygen atoms in total. The molecule has 0 N–H and O–H groups in total. The predicted molar refractivity (Wildman–Crippen MR) is 90.8 cm³/mol. The van der Waals surface area contributed by atoms with Crippen LogP contribution in [-0.2, 0) is 4.74 Å². The standard InChI is InChI=1S/C19H22F4O2/c1-4-6-15-10-14(11-17(20)18(15)13(3)24)7-8-16(19(21,22)23)12-25-9-5-2/h4,6-8,10-11,16H,5,9,12H2,1-3H3/b6-4+,8-7+/t16-/m1/s1. The van der Waals surface area contributed by atoms with Crippen LogP contribution in [0.2, 0.25) is 0 Å². The maximum Gasteiger partial charge on any atom is 0.397 e. The van der Waals surface area contributed by atoms with Crippen molar-refractivity contribution in [2.24, 2.45) is 5.92 Å². The Morgan fingerprint density at radius 3 is 2.48 bits per heavy atom. The fraction of sp³-hybridized carbons (Fsp3) is 0.421. The highest BCUT2D eigenvalue weighted by Crippen LogP contribution is 2.29. The van der Waals surface area contributed by atoms with Gasteiger partial charge in [-0.25, -0.2) is 4.39 Å². The third kappa shape index (κ3) is 6.46. The minimum atomic E-state index is -4.45. The summed E-state index contributed by atoms with van der Waals surface area (Å²) in [4.78, 5) is 11.6. The maximum absolute atomic E-state index is 14.2. The fourth-order valence-corrected chi connectivity index (χ4v) is 2.27. The summed E-state index contributed by atoms with van der Waals surface area (Å²) in [6.45, 7) is 4.51. The summed E-state index contributed by atoms with van der Waals surface area (Å²) < 4.78 is 58.3. The number of Topliss-reactive ketones (excluding diaryl/α,β-unsaturated/α-hetero) is 1. The van der Waals surface area contributed by atoms with Crippen molar-refractivity contribution in [1.82, 2.24) is 0 Å². The smallest absolute Gasteiger partial charge is 0.380 e. The monoisotopic (exact) mass is 358 g/mol. The van der Waals surface area contributed by atoms with Crippen LogP contribution in [-0.4, -0.2) is 25.2 Å². The number of hydrogen-bond donors (Lipinski definition) is 0. The molecule has 0 aliphatic rings. The van der Waals surface area contributed by atoms with Gasteiger partial charge in [-0.2, -0.15) is 13.2 Å². The Morgan fingerprint density at radius 2 is 1.96 bits per heavy atom. The summed E-state index contributed by atoms with van der Waals surface area (Å²) in [6.07, 6.45) is 1.51. The van der Waals surface area contributed by atoms with Crippen LogP contribution in [0.3, 0.4) is 0 Å². The van der Waals surface area contributed by atoms with Crippen molar-refractivity contribution in [3.63, 3.8) is 0 Å². The molecule has 0 heterocycles. The maximum atomic E-state index is 14.2. The zero-order valence-electron chi connectivity index (χ0n) is 14.5. The highest BCUT2D eigenvalue weighted by molar-refractivity contribution is 5.98. The first kappa shape index (κ1) is 21.1. The number of alkyl halides is 3. The van der Waals surface area contributed by atoms with E-state index in [-0.39, 0.29) is 17.7 Å². The summed E-state index contributed by atoms with van der Waals surface area (Å²) >= 11 is 0. The Labute approximate surface area is 145 Å². The van der Waals surface area contributed by atoms with Crippen LogP contribution in [0, 0.1) is 11.7 Å². The van der Waals surface area contributed by atoms with E-state index in [0.717, 1.165) is 12.1 Å². The SMILES string of the molecule is C/C=C/c1cc(/C=C/[C@H](COCCC)C(F)(F)F)cc(F)c1C(C)=O. The van der Waals surface area contributed by atoms with Crippen molar-refractivity contribution in [2.75, 3.05) is 13.2 Å². The van der Waals surface area contributed by atoms with Crippen molar-refractivity contribution in [2.45, 2.75) is 33.4 Å². The topological polar surface area (TPSA) is 26.3 Å². The lowest BCUT2D eigenvalue weighted by molar-refractivity contribution is -0.173. The van der Waals surface area contributed by atoms with Crippen LogP contribution in [0.15, 0.2) is 24.3 Å². The lowest BCUT2D eigenvalue weighted by atomic mass is 9.98. The first-order valence-corrected chi connectivity index (χ1v) is 8.00. The molecule has 0 saturated carbocycles. The number of allylic oxidation sites excluding steroid dienone is 1. The van der Waals surface area contributed by atoms with E-state index in [4.69, 9.17) is 4.74 Å². The van der Waals surface area contributed by atoms with E-state index in [0.29, 0.717) is 12.0 Å². The lowest BCUT2D eigenvalue weighted by Crippen LogP contribution is -2.25. The number of carbonyl (C=O) groups is 1. The highest BCUT2D eigenvalue weighted by atomic mass is 19.4. The Morgan fingerprint density at radius 1 is 1.28 bits per heavy atom. The van der Waals surface area contributed by atoms with Gasteiger partial charge in [0.25, 0.3) is 0 Å². The zero-order chi connectivity index (χ0) is 19.0. The Hall–Kier alpha value is -1.95. The normalized spacial score (nSPS) is 13.7. The van der Waals surface area contributed by atoms with Gasteiger partial charge in [-0.1, -0.05) is 31.2 Å².